The zero-order valence-electron chi connectivity index (χ0n) is 10.3. The fraction of sp³-hybridized carbons (Fsp3) is 0.333. The molecular formula is C12H13FN2O2S2. The first kappa shape index (κ1) is 14.0. The molecule has 1 aliphatic rings. The predicted molar refractivity (Wildman–Crippen MR) is 75.4 cm³/mol. The van der Waals surface area contributed by atoms with Gasteiger partial charge in [-0.25, -0.2) is 4.79 Å². The number of thiocarbonyl (C=S) groups is 1. The Morgan fingerprint density at radius 3 is 3.05 bits per heavy atom. The molecule has 0 spiro atoms. The zero-order chi connectivity index (χ0) is 13.8. The third-order valence-electron chi connectivity index (χ3n) is 2.72. The molecule has 102 valence electrons. The van der Waals surface area contributed by atoms with E-state index in [1.807, 2.05) is 0 Å². The second-order valence-corrected chi connectivity index (χ2v) is 5.29. The highest BCUT2D eigenvalue weighted by Gasteiger charge is 2.19. The van der Waals surface area contributed by atoms with Crippen molar-refractivity contribution in [3.63, 3.8) is 0 Å². The second-order valence-electron chi connectivity index (χ2n) is 4.02. The summed E-state index contributed by atoms with van der Waals surface area (Å²) in [5.74, 6) is -0.407. The van der Waals surface area contributed by atoms with Crippen LogP contribution in [-0.4, -0.2) is 24.2 Å². The van der Waals surface area contributed by atoms with E-state index in [2.05, 4.69) is 10.6 Å². The fourth-order valence-corrected chi connectivity index (χ4v) is 2.55. The van der Waals surface area contributed by atoms with Gasteiger partial charge in [-0.15, -0.1) is 11.3 Å². The lowest BCUT2D eigenvalue weighted by atomic mass is 10.2. The van der Waals surface area contributed by atoms with E-state index < -0.39 is 5.97 Å². The second kappa shape index (κ2) is 6.12. The molecule has 2 rings (SSSR count). The number of thiophene rings is 1. The molecule has 7 heteroatoms. The number of hydrogen-bond donors (Lipinski definition) is 2. The molecule has 0 atom stereocenters. The van der Waals surface area contributed by atoms with Crippen LogP contribution in [0.1, 0.15) is 12.5 Å². The Hall–Kier alpha value is -1.47. The number of carbonyl (C=O) groups is 1. The molecule has 2 heterocycles. The lowest BCUT2D eigenvalue weighted by Gasteiger charge is -2.20. The van der Waals surface area contributed by atoms with Crippen LogP contribution in [-0.2, 0) is 16.0 Å². The van der Waals surface area contributed by atoms with E-state index in [4.69, 9.17) is 17.0 Å². The molecule has 0 bridgehead atoms. The minimum atomic E-state index is -0.407. The highest BCUT2D eigenvalue weighted by Crippen LogP contribution is 2.15. The van der Waals surface area contributed by atoms with Crippen molar-refractivity contribution in [2.24, 2.45) is 0 Å². The Labute approximate surface area is 119 Å². The van der Waals surface area contributed by atoms with E-state index in [1.54, 1.807) is 18.4 Å². The van der Waals surface area contributed by atoms with Gasteiger partial charge in [0.05, 0.1) is 18.7 Å². The van der Waals surface area contributed by atoms with Crippen molar-refractivity contribution < 1.29 is 13.9 Å². The van der Waals surface area contributed by atoms with E-state index in [-0.39, 0.29) is 11.7 Å². The van der Waals surface area contributed by atoms with Gasteiger partial charge < -0.3 is 15.4 Å². The van der Waals surface area contributed by atoms with Gasteiger partial charge in [-0.05, 0) is 30.6 Å². The smallest absolute Gasteiger partial charge is 0.337 e. The topological polar surface area (TPSA) is 50.4 Å². The average molecular weight is 300 g/mol. The molecule has 0 aliphatic carbocycles. The minimum absolute atomic E-state index is 0.160. The average Bonchev–Trinajstić information content (AvgIpc) is 2.75. The molecule has 1 aromatic heterocycles. The standard InChI is InChI=1S/C12H13FN2O2S2/c1-7-9(6-14-12(18)15-7)11(16)17-4-2-8-3-5-19-10(8)13/h3,5H,2,4,6H2,1H3,(H2,14,15,18). The maximum atomic E-state index is 13.2. The number of hydrogen-bond acceptors (Lipinski definition) is 4. The number of allylic oxidation sites excluding steroid dienone is 1. The summed E-state index contributed by atoms with van der Waals surface area (Å²) in [5, 5.41) is 7.67. The van der Waals surface area contributed by atoms with Crippen molar-refractivity contribution in [1.29, 1.82) is 0 Å². The number of nitrogens with one attached hydrogen (secondary N) is 2. The summed E-state index contributed by atoms with van der Waals surface area (Å²) in [6.45, 7) is 2.28. The summed E-state index contributed by atoms with van der Waals surface area (Å²) in [4.78, 5) is 11.8. The van der Waals surface area contributed by atoms with Crippen molar-refractivity contribution in [3.05, 3.63) is 33.4 Å². The van der Waals surface area contributed by atoms with Crippen LogP contribution in [0.15, 0.2) is 22.7 Å². The van der Waals surface area contributed by atoms with Crippen LogP contribution in [0.2, 0.25) is 0 Å². The Kier molecular flexibility index (Phi) is 4.49. The van der Waals surface area contributed by atoms with Crippen molar-refractivity contribution in [2.45, 2.75) is 13.3 Å². The minimum Gasteiger partial charge on any atom is -0.462 e. The summed E-state index contributed by atoms with van der Waals surface area (Å²) in [6, 6.07) is 1.69. The Morgan fingerprint density at radius 2 is 2.42 bits per heavy atom. The molecule has 2 N–H and O–H groups in total. The number of rotatable bonds is 4. The van der Waals surface area contributed by atoms with E-state index in [0.29, 0.717) is 34.9 Å². The molecule has 0 saturated heterocycles. The summed E-state index contributed by atoms with van der Waals surface area (Å²) < 4.78 is 18.3. The largest absolute Gasteiger partial charge is 0.462 e. The van der Waals surface area contributed by atoms with Crippen molar-refractivity contribution in [1.82, 2.24) is 10.6 Å². The highest BCUT2D eigenvalue weighted by atomic mass is 32.1. The number of ether oxygens (including phenoxy) is 1. The van der Waals surface area contributed by atoms with Gasteiger partial charge in [0.2, 0.25) is 0 Å². The Morgan fingerprint density at radius 1 is 1.63 bits per heavy atom. The summed E-state index contributed by atoms with van der Waals surface area (Å²) in [5.41, 5.74) is 1.78. The van der Waals surface area contributed by atoms with Gasteiger partial charge >= 0.3 is 5.97 Å². The SMILES string of the molecule is CC1=C(C(=O)OCCc2ccsc2F)CNC(=S)N1. The van der Waals surface area contributed by atoms with Crippen LogP contribution >= 0.6 is 23.6 Å². The monoisotopic (exact) mass is 300 g/mol. The predicted octanol–water partition coefficient (Wildman–Crippen LogP) is 1.72. The lowest BCUT2D eigenvalue weighted by Crippen LogP contribution is -2.43. The van der Waals surface area contributed by atoms with Crippen LogP contribution in [0.4, 0.5) is 4.39 Å². The van der Waals surface area contributed by atoms with Gasteiger partial charge in [0.25, 0.3) is 0 Å². The molecular weight excluding hydrogens is 287 g/mol. The first-order chi connectivity index (χ1) is 9.08. The van der Waals surface area contributed by atoms with Crippen LogP contribution in [0, 0.1) is 5.13 Å². The van der Waals surface area contributed by atoms with Gasteiger partial charge in [0, 0.05) is 17.7 Å². The Bertz CT molecular complexity index is 540. The van der Waals surface area contributed by atoms with Gasteiger partial charge in [0.1, 0.15) is 0 Å². The molecule has 0 saturated carbocycles. The summed E-state index contributed by atoms with van der Waals surface area (Å²) in [7, 11) is 0. The van der Waals surface area contributed by atoms with E-state index >= 15 is 0 Å². The highest BCUT2D eigenvalue weighted by molar-refractivity contribution is 7.80. The number of carbonyl (C=O) groups excluding carboxylic acids is 1. The van der Waals surface area contributed by atoms with E-state index in [9.17, 15) is 9.18 Å². The normalized spacial score (nSPS) is 14.9. The molecule has 0 amide bonds. The van der Waals surface area contributed by atoms with Crippen LogP contribution in [0.25, 0.3) is 0 Å². The maximum Gasteiger partial charge on any atom is 0.337 e. The number of halogens is 1. The molecule has 1 aliphatic heterocycles. The molecule has 4 nitrogen and oxygen atoms in total. The molecule has 0 unspecified atom stereocenters. The van der Waals surface area contributed by atoms with E-state index in [1.165, 1.54) is 0 Å². The molecule has 1 aromatic rings. The maximum absolute atomic E-state index is 13.2. The van der Waals surface area contributed by atoms with Crippen LogP contribution < -0.4 is 10.6 Å². The summed E-state index contributed by atoms with van der Waals surface area (Å²) >= 11 is 5.97. The first-order valence-electron chi connectivity index (χ1n) is 5.71. The Balaban J connectivity index is 1.86. The molecule has 19 heavy (non-hydrogen) atoms. The van der Waals surface area contributed by atoms with Gasteiger partial charge in [0.15, 0.2) is 10.2 Å². The van der Waals surface area contributed by atoms with Gasteiger partial charge in [-0.3, -0.25) is 0 Å². The molecule has 0 fully saturated rings. The summed E-state index contributed by atoms with van der Waals surface area (Å²) in [6.07, 6.45) is 0.382. The van der Waals surface area contributed by atoms with E-state index in [0.717, 1.165) is 11.3 Å². The first-order valence-corrected chi connectivity index (χ1v) is 7.00. The van der Waals surface area contributed by atoms with Crippen LogP contribution in [0.5, 0.6) is 0 Å². The lowest BCUT2D eigenvalue weighted by molar-refractivity contribution is -0.139. The quantitative estimate of drug-likeness (QED) is 0.655. The van der Waals surface area contributed by atoms with Crippen molar-refractivity contribution >= 4 is 34.6 Å². The fourth-order valence-electron chi connectivity index (χ4n) is 1.66. The van der Waals surface area contributed by atoms with Gasteiger partial charge in [-0.2, -0.15) is 4.39 Å². The van der Waals surface area contributed by atoms with Crippen molar-refractivity contribution in [2.75, 3.05) is 13.2 Å². The van der Waals surface area contributed by atoms with Gasteiger partial charge in [-0.1, -0.05) is 0 Å². The molecule has 0 radical (unpaired) electrons. The van der Waals surface area contributed by atoms with Crippen molar-refractivity contribution in [3.8, 4) is 0 Å². The number of esters is 1. The zero-order valence-corrected chi connectivity index (χ0v) is 11.9. The third-order valence-corrected chi connectivity index (χ3v) is 3.71. The van der Waals surface area contributed by atoms with Crippen LogP contribution in [0.3, 0.4) is 0 Å². The third kappa shape index (κ3) is 3.51. The molecule has 0 aromatic carbocycles.